The van der Waals surface area contributed by atoms with Gasteiger partial charge in [0.05, 0.1) is 17.1 Å². The number of cyclic esters (lactones) is 1. The van der Waals surface area contributed by atoms with Crippen LogP contribution in [0, 0.1) is 0 Å². The van der Waals surface area contributed by atoms with Crippen molar-refractivity contribution in [2.75, 3.05) is 7.11 Å². The van der Waals surface area contributed by atoms with Crippen molar-refractivity contribution < 1.29 is 19.0 Å². The van der Waals surface area contributed by atoms with Gasteiger partial charge < -0.3 is 14.2 Å². The Hall–Kier alpha value is -2.42. The minimum atomic E-state index is -0.513. The number of halogens is 3. The molecule has 5 nitrogen and oxygen atoms in total. The third-order valence-corrected chi connectivity index (χ3v) is 6.33. The summed E-state index contributed by atoms with van der Waals surface area (Å²) in [6, 6.07) is 18.9. The van der Waals surface area contributed by atoms with Crippen LogP contribution in [0.25, 0.3) is 6.08 Å². The van der Waals surface area contributed by atoms with Crippen molar-refractivity contribution in [3.8, 4) is 11.5 Å². The lowest BCUT2D eigenvalue weighted by Gasteiger charge is -2.14. The fraction of sp³-hybridized carbons (Fsp3) is 0.0833. The molecule has 3 aromatic carbocycles. The molecule has 0 radical (unpaired) electrons. The summed E-state index contributed by atoms with van der Waals surface area (Å²) in [5, 5.41) is 0. The summed E-state index contributed by atoms with van der Waals surface area (Å²) in [6.45, 7) is 0.376. The Kier molecular flexibility index (Phi) is 7.13. The van der Waals surface area contributed by atoms with Crippen LogP contribution in [-0.4, -0.2) is 19.0 Å². The molecule has 0 fully saturated rings. The topological polar surface area (TPSA) is 57.1 Å². The van der Waals surface area contributed by atoms with E-state index in [-0.39, 0.29) is 11.6 Å². The SMILES string of the molecule is COc1cc(/C=C2\N=C(c3ccccc3Br)OC2=O)cc(Br)c1OCc1cccc(Br)c1. The van der Waals surface area contributed by atoms with Gasteiger partial charge in [0.1, 0.15) is 6.61 Å². The molecule has 0 N–H and O–H groups in total. The van der Waals surface area contributed by atoms with E-state index >= 15 is 0 Å². The predicted molar refractivity (Wildman–Crippen MR) is 134 cm³/mol. The standard InChI is InChI=1S/C24H16Br3NO4/c1-30-21-12-15(10-19(27)22(21)31-13-14-5-4-6-16(25)9-14)11-20-24(29)32-23(28-20)17-7-2-3-8-18(17)26/h2-12H,13H2,1H3/b20-11-. The van der Waals surface area contributed by atoms with Gasteiger partial charge in [-0.3, -0.25) is 0 Å². The van der Waals surface area contributed by atoms with Crippen LogP contribution in [0.3, 0.4) is 0 Å². The highest BCUT2D eigenvalue weighted by Gasteiger charge is 2.25. The van der Waals surface area contributed by atoms with Gasteiger partial charge in [0, 0.05) is 8.95 Å². The van der Waals surface area contributed by atoms with Crippen LogP contribution in [0.2, 0.25) is 0 Å². The highest BCUT2D eigenvalue weighted by molar-refractivity contribution is 9.11. The fourth-order valence-electron chi connectivity index (χ4n) is 3.06. The van der Waals surface area contributed by atoms with E-state index in [4.69, 9.17) is 14.2 Å². The highest BCUT2D eigenvalue weighted by atomic mass is 79.9. The average molecular weight is 622 g/mol. The minimum absolute atomic E-state index is 0.201. The highest BCUT2D eigenvalue weighted by Crippen LogP contribution is 2.38. The second-order valence-corrected chi connectivity index (χ2v) is 9.39. The molecule has 4 rings (SSSR count). The molecule has 3 aromatic rings. The summed E-state index contributed by atoms with van der Waals surface area (Å²) in [5.74, 6) is 0.846. The van der Waals surface area contributed by atoms with Crippen LogP contribution >= 0.6 is 47.8 Å². The normalized spacial score (nSPS) is 14.3. The first-order chi connectivity index (χ1) is 15.4. The van der Waals surface area contributed by atoms with Crippen molar-refractivity contribution in [2.24, 2.45) is 4.99 Å². The fourth-order valence-corrected chi connectivity index (χ4v) is 4.54. The van der Waals surface area contributed by atoms with Gasteiger partial charge in [0.2, 0.25) is 5.90 Å². The molecule has 0 aromatic heterocycles. The largest absolute Gasteiger partial charge is 0.493 e. The van der Waals surface area contributed by atoms with Crippen molar-refractivity contribution in [1.29, 1.82) is 0 Å². The second kappa shape index (κ2) is 10.0. The van der Waals surface area contributed by atoms with Crippen LogP contribution in [-0.2, 0) is 16.1 Å². The van der Waals surface area contributed by atoms with Gasteiger partial charge in [-0.25, -0.2) is 9.79 Å². The summed E-state index contributed by atoms with van der Waals surface area (Å²) < 4.78 is 19.4. The summed E-state index contributed by atoms with van der Waals surface area (Å²) >= 11 is 10.5. The Morgan fingerprint density at radius 2 is 1.81 bits per heavy atom. The smallest absolute Gasteiger partial charge is 0.363 e. The lowest BCUT2D eigenvalue weighted by Crippen LogP contribution is -2.05. The van der Waals surface area contributed by atoms with E-state index in [1.165, 1.54) is 0 Å². The van der Waals surface area contributed by atoms with Gasteiger partial charge in [-0.15, -0.1) is 0 Å². The van der Waals surface area contributed by atoms with Gasteiger partial charge in [0.25, 0.3) is 0 Å². The number of carbonyl (C=O) groups is 1. The quantitative estimate of drug-likeness (QED) is 0.222. The monoisotopic (exact) mass is 619 g/mol. The molecule has 0 bridgehead atoms. The van der Waals surface area contributed by atoms with E-state index in [1.807, 2.05) is 54.6 Å². The molecular formula is C24H16Br3NO4. The molecule has 0 spiro atoms. The van der Waals surface area contributed by atoms with Gasteiger partial charge in [-0.05, 0) is 85.5 Å². The number of hydrogen-bond donors (Lipinski definition) is 0. The van der Waals surface area contributed by atoms with Crippen molar-refractivity contribution in [3.05, 3.63) is 96.5 Å². The van der Waals surface area contributed by atoms with Gasteiger partial charge in [0.15, 0.2) is 17.2 Å². The molecule has 162 valence electrons. The number of nitrogens with zero attached hydrogens (tertiary/aromatic N) is 1. The van der Waals surface area contributed by atoms with Crippen molar-refractivity contribution in [1.82, 2.24) is 0 Å². The van der Waals surface area contributed by atoms with Crippen LogP contribution in [0.5, 0.6) is 11.5 Å². The summed E-state index contributed by atoms with van der Waals surface area (Å²) in [4.78, 5) is 16.7. The molecule has 0 atom stereocenters. The maximum Gasteiger partial charge on any atom is 0.363 e. The maximum atomic E-state index is 12.4. The summed E-state index contributed by atoms with van der Waals surface area (Å²) in [5.41, 5.74) is 2.64. The molecule has 8 heteroatoms. The molecule has 0 aliphatic carbocycles. The number of aliphatic imine (C=N–C) groups is 1. The Bertz CT molecular complexity index is 1250. The maximum absolute atomic E-state index is 12.4. The second-order valence-electron chi connectivity index (χ2n) is 6.77. The van der Waals surface area contributed by atoms with Crippen LogP contribution in [0.15, 0.2) is 84.8 Å². The zero-order valence-electron chi connectivity index (χ0n) is 16.8. The number of carbonyl (C=O) groups excluding carboxylic acids is 1. The number of ether oxygens (including phenoxy) is 3. The average Bonchev–Trinajstić information content (AvgIpc) is 3.13. The Labute approximate surface area is 210 Å². The first-order valence-corrected chi connectivity index (χ1v) is 11.8. The molecule has 1 heterocycles. The first kappa shape index (κ1) is 22.8. The van der Waals surface area contributed by atoms with E-state index in [2.05, 4.69) is 52.8 Å². The van der Waals surface area contributed by atoms with Crippen LogP contribution < -0.4 is 9.47 Å². The first-order valence-electron chi connectivity index (χ1n) is 9.47. The van der Waals surface area contributed by atoms with E-state index < -0.39 is 5.97 Å². The third-order valence-electron chi connectivity index (χ3n) is 4.55. The van der Waals surface area contributed by atoms with Crippen molar-refractivity contribution >= 4 is 65.7 Å². The zero-order chi connectivity index (χ0) is 22.7. The number of rotatable bonds is 6. The van der Waals surface area contributed by atoms with Gasteiger partial charge in [-0.1, -0.05) is 40.2 Å². The molecule has 1 aliphatic rings. The van der Waals surface area contributed by atoms with E-state index in [0.29, 0.717) is 33.7 Å². The van der Waals surface area contributed by atoms with E-state index in [9.17, 15) is 4.79 Å². The predicted octanol–water partition coefficient (Wildman–Crippen LogP) is 6.91. The Morgan fingerprint density at radius 1 is 1.00 bits per heavy atom. The van der Waals surface area contributed by atoms with Crippen LogP contribution in [0.4, 0.5) is 0 Å². The lowest BCUT2D eigenvalue weighted by molar-refractivity contribution is -0.129. The molecule has 0 saturated heterocycles. The van der Waals surface area contributed by atoms with Crippen LogP contribution in [0.1, 0.15) is 16.7 Å². The molecular weight excluding hydrogens is 606 g/mol. The lowest BCUT2D eigenvalue weighted by atomic mass is 10.1. The Morgan fingerprint density at radius 3 is 2.56 bits per heavy atom. The minimum Gasteiger partial charge on any atom is -0.493 e. The summed E-state index contributed by atoms with van der Waals surface area (Å²) in [7, 11) is 1.57. The molecule has 1 aliphatic heterocycles. The van der Waals surface area contributed by atoms with Crippen molar-refractivity contribution in [3.63, 3.8) is 0 Å². The van der Waals surface area contributed by atoms with Crippen molar-refractivity contribution in [2.45, 2.75) is 6.61 Å². The van der Waals surface area contributed by atoms with E-state index in [1.54, 1.807) is 19.3 Å². The summed E-state index contributed by atoms with van der Waals surface area (Å²) in [6.07, 6.45) is 1.65. The molecule has 0 saturated carbocycles. The molecule has 32 heavy (non-hydrogen) atoms. The van der Waals surface area contributed by atoms with E-state index in [0.717, 1.165) is 14.5 Å². The molecule has 0 amide bonds. The van der Waals surface area contributed by atoms with Gasteiger partial charge in [-0.2, -0.15) is 0 Å². The number of benzene rings is 3. The molecule has 0 unspecified atom stereocenters. The van der Waals surface area contributed by atoms with Gasteiger partial charge >= 0.3 is 5.97 Å². The number of esters is 1. The number of hydrogen-bond acceptors (Lipinski definition) is 5. The Balaban J connectivity index is 1.60. The third kappa shape index (κ3) is 5.14. The zero-order valence-corrected chi connectivity index (χ0v) is 21.5. The number of methoxy groups -OCH3 is 1.